The summed E-state index contributed by atoms with van der Waals surface area (Å²) in [6.45, 7) is 6.95. The SMILES string of the molecule is CC(C)(C)c1ccc(N(c2cccc3sc4ccccc4c23)C2C=CC(c3cccc4c3CCCC4)=C3Sc4ccccc4C4(c5ccccc5-c5ccccc54)C32)cc1. The Hall–Kier alpha value is -5.61. The summed E-state index contributed by atoms with van der Waals surface area (Å²) in [5.41, 5.74) is 16.3. The molecule has 2 atom stereocenters. The van der Waals surface area contributed by atoms with E-state index in [2.05, 4.69) is 196 Å². The number of benzene rings is 7. The van der Waals surface area contributed by atoms with Crippen molar-refractivity contribution in [2.24, 2.45) is 5.92 Å². The molecule has 60 heavy (non-hydrogen) atoms. The summed E-state index contributed by atoms with van der Waals surface area (Å²) in [5, 5.41) is 2.66. The summed E-state index contributed by atoms with van der Waals surface area (Å²) in [7, 11) is 0. The summed E-state index contributed by atoms with van der Waals surface area (Å²) in [6, 6.07) is 60.7. The van der Waals surface area contributed by atoms with E-state index in [0.29, 0.717) is 0 Å². The molecule has 0 bridgehead atoms. The highest BCUT2D eigenvalue weighted by molar-refractivity contribution is 8.03. The van der Waals surface area contributed by atoms with Crippen LogP contribution in [0.1, 0.15) is 72.6 Å². The molecule has 1 nitrogen and oxygen atoms in total. The molecule has 0 saturated carbocycles. The second kappa shape index (κ2) is 13.7. The van der Waals surface area contributed by atoms with Gasteiger partial charge in [0, 0.05) is 41.6 Å². The molecule has 1 aliphatic heterocycles. The van der Waals surface area contributed by atoms with Gasteiger partial charge >= 0.3 is 0 Å². The van der Waals surface area contributed by atoms with E-state index in [1.807, 2.05) is 23.1 Å². The van der Waals surface area contributed by atoms with E-state index in [1.54, 1.807) is 5.56 Å². The molecule has 8 aromatic rings. The van der Waals surface area contributed by atoms with E-state index < -0.39 is 5.41 Å². The molecule has 1 aromatic heterocycles. The Bertz CT molecular complexity index is 3040. The van der Waals surface area contributed by atoms with Gasteiger partial charge in [0.15, 0.2) is 0 Å². The molecule has 2 heterocycles. The van der Waals surface area contributed by atoms with Crippen LogP contribution in [-0.2, 0) is 23.7 Å². The zero-order valence-electron chi connectivity index (χ0n) is 34.4. The number of fused-ring (bicyclic) bond motifs is 13. The second-order valence-corrected chi connectivity index (χ2v) is 20.3. The van der Waals surface area contributed by atoms with Gasteiger partial charge in [-0.1, -0.05) is 166 Å². The molecule has 0 amide bonds. The lowest BCUT2D eigenvalue weighted by Crippen LogP contribution is -2.51. The Morgan fingerprint density at radius 3 is 2.03 bits per heavy atom. The minimum Gasteiger partial charge on any atom is -0.333 e. The molecule has 0 saturated heterocycles. The first-order chi connectivity index (χ1) is 29.4. The average Bonchev–Trinajstić information content (AvgIpc) is 3.81. The average molecular weight is 810 g/mol. The first-order valence-corrected chi connectivity index (χ1v) is 23.3. The highest BCUT2D eigenvalue weighted by Crippen LogP contribution is 2.67. The highest BCUT2D eigenvalue weighted by Gasteiger charge is 2.58. The third-order valence-corrected chi connectivity index (χ3v) is 16.4. The molecule has 0 fully saturated rings. The van der Waals surface area contributed by atoms with Crippen LogP contribution in [-0.4, -0.2) is 6.04 Å². The van der Waals surface area contributed by atoms with Gasteiger partial charge in [-0.3, -0.25) is 0 Å². The Morgan fingerprint density at radius 2 is 1.25 bits per heavy atom. The fraction of sp³-hybridized carbons (Fsp3) is 0.193. The number of rotatable bonds is 4. The standard InChI is InChI=1S/C57H47NS2/c1-56(2,3)37-30-32-38(33-31-37)58(48-26-15-29-52-53(48)44-21-8-12-27-50(44)59-52)49-35-34-43(40-22-14-17-36-16-4-5-18-39(36)40)55-54(49)57(47-25-11-13-28-51(47)60-55)45-23-9-6-19-41(45)42-20-7-10-24-46(42)57/h6-15,17,19-35,49,54H,4-5,16,18H2,1-3H3. The van der Waals surface area contributed by atoms with Gasteiger partial charge in [0.05, 0.1) is 17.1 Å². The molecule has 2 unspecified atom stereocenters. The predicted octanol–water partition coefficient (Wildman–Crippen LogP) is 15.5. The Kier molecular flexibility index (Phi) is 8.28. The quantitative estimate of drug-likeness (QED) is 0.174. The molecule has 4 aliphatic rings. The van der Waals surface area contributed by atoms with Crippen molar-refractivity contribution in [1.29, 1.82) is 0 Å². The number of thiophene rings is 1. The van der Waals surface area contributed by atoms with Gasteiger partial charge < -0.3 is 4.90 Å². The van der Waals surface area contributed by atoms with Gasteiger partial charge in [-0.2, -0.15) is 0 Å². The second-order valence-electron chi connectivity index (χ2n) is 18.2. The maximum Gasteiger partial charge on any atom is 0.0614 e. The van der Waals surface area contributed by atoms with Gasteiger partial charge in [0.2, 0.25) is 0 Å². The minimum absolute atomic E-state index is 0.0342. The van der Waals surface area contributed by atoms with Crippen molar-refractivity contribution >= 4 is 60.2 Å². The number of hydrogen-bond donors (Lipinski definition) is 0. The van der Waals surface area contributed by atoms with Crippen LogP contribution in [0.15, 0.2) is 180 Å². The molecule has 0 N–H and O–H groups in total. The number of hydrogen-bond acceptors (Lipinski definition) is 3. The molecule has 1 spiro atoms. The van der Waals surface area contributed by atoms with Crippen LogP contribution >= 0.6 is 23.1 Å². The fourth-order valence-corrected chi connectivity index (χ4v) is 14.0. The topological polar surface area (TPSA) is 3.24 Å². The monoisotopic (exact) mass is 809 g/mol. The van der Waals surface area contributed by atoms with Gasteiger partial charge in [-0.05, 0) is 123 Å². The van der Waals surface area contributed by atoms with E-state index in [-0.39, 0.29) is 17.4 Å². The van der Waals surface area contributed by atoms with Crippen LogP contribution in [0.2, 0.25) is 0 Å². The molecule has 3 heteroatoms. The van der Waals surface area contributed by atoms with Crippen molar-refractivity contribution in [3.8, 4) is 11.1 Å². The van der Waals surface area contributed by atoms with Crippen molar-refractivity contribution in [1.82, 2.24) is 0 Å². The van der Waals surface area contributed by atoms with E-state index in [4.69, 9.17) is 0 Å². The Balaban J connectivity index is 1.21. The van der Waals surface area contributed by atoms with Gasteiger partial charge in [0.1, 0.15) is 0 Å². The first-order valence-electron chi connectivity index (χ1n) is 21.7. The zero-order valence-corrected chi connectivity index (χ0v) is 36.0. The number of anilines is 2. The predicted molar refractivity (Wildman–Crippen MR) is 257 cm³/mol. The van der Waals surface area contributed by atoms with Crippen LogP contribution in [0.4, 0.5) is 11.4 Å². The van der Waals surface area contributed by atoms with Crippen LogP contribution in [0.5, 0.6) is 0 Å². The smallest absolute Gasteiger partial charge is 0.0614 e. The van der Waals surface area contributed by atoms with E-state index in [1.165, 1.54) is 111 Å². The molecular weight excluding hydrogens is 763 g/mol. The largest absolute Gasteiger partial charge is 0.333 e. The molecule has 12 rings (SSSR count). The highest BCUT2D eigenvalue weighted by atomic mass is 32.2. The lowest BCUT2D eigenvalue weighted by atomic mass is 9.59. The third-order valence-electron chi connectivity index (χ3n) is 14.0. The molecule has 292 valence electrons. The Morgan fingerprint density at radius 1 is 0.600 bits per heavy atom. The third kappa shape index (κ3) is 5.25. The van der Waals surface area contributed by atoms with Crippen molar-refractivity contribution in [2.75, 3.05) is 4.90 Å². The van der Waals surface area contributed by atoms with E-state index in [0.717, 1.165) is 6.42 Å². The molecule has 7 aromatic carbocycles. The minimum atomic E-state index is -0.450. The van der Waals surface area contributed by atoms with Crippen LogP contribution in [0, 0.1) is 5.92 Å². The summed E-state index contributed by atoms with van der Waals surface area (Å²) < 4.78 is 2.66. The fourth-order valence-electron chi connectivity index (χ4n) is 11.4. The van der Waals surface area contributed by atoms with Gasteiger partial charge in [0.25, 0.3) is 0 Å². The summed E-state index contributed by atoms with van der Waals surface area (Å²) in [5.74, 6) is 0.0455. The summed E-state index contributed by atoms with van der Waals surface area (Å²) in [6.07, 6.45) is 9.97. The number of aryl methyl sites for hydroxylation is 1. The van der Waals surface area contributed by atoms with Gasteiger partial charge in [-0.25, -0.2) is 0 Å². The van der Waals surface area contributed by atoms with E-state index >= 15 is 0 Å². The van der Waals surface area contributed by atoms with Crippen molar-refractivity contribution in [2.45, 2.75) is 68.2 Å². The lowest BCUT2D eigenvalue weighted by molar-refractivity contribution is 0.398. The summed E-state index contributed by atoms with van der Waals surface area (Å²) in [4.78, 5) is 5.58. The van der Waals surface area contributed by atoms with Crippen LogP contribution in [0.3, 0.4) is 0 Å². The molecular formula is C57H47NS2. The normalized spacial score (nSPS) is 18.6. The van der Waals surface area contributed by atoms with Crippen molar-refractivity contribution in [3.05, 3.63) is 214 Å². The summed E-state index contributed by atoms with van der Waals surface area (Å²) >= 11 is 3.94. The lowest BCUT2D eigenvalue weighted by Gasteiger charge is -2.52. The van der Waals surface area contributed by atoms with Crippen molar-refractivity contribution < 1.29 is 0 Å². The number of allylic oxidation sites excluding steroid dienone is 2. The van der Waals surface area contributed by atoms with Gasteiger partial charge in [-0.15, -0.1) is 11.3 Å². The molecule has 0 radical (unpaired) electrons. The maximum atomic E-state index is 2.74. The first kappa shape index (κ1) is 36.3. The molecule has 3 aliphatic carbocycles. The zero-order chi connectivity index (χ0) is 40.2. The maximum absolute atomic E-state index is 2.74. The Labute approximate surface area is 362 Å². The number of nitrogens with zero attached hydrogens (tertiary/aromatic N) is 1. The number of thioether (sulfide) groups is 1. The van der Waals surface area contributed by atoms with Crippen LogP contribution in [0.25, 0.3) is 36.9 Å². The van der Waals surface area contributed by atoms with Crippen molar-refractivity contribution in [3.63, 3.8) is 0 Å². The van der Waals surface area contributed by atoms with E-state index in [9.17, 15) is 0 Å². The van der Waals surface area contributed by atoms with Crippen LogP contribution < -0.4 is 4.90 Å².